The fraction of sp³-hybridized carbons (Fsp3) is 0.500. The van der Waals surface area contributed by atoms with E-state index in [0.29, 0.717) is 6.42 Å². The first-order valence-corrected chi connectivity index (χ1v) is 6.82. The van der Waals surface area contributed by atoms with Crippen LogP contribution in [0.1, 0.15) is 42.6 Å². The first-order chi connectivity index (χ1) is 9.58. The SMILES string of the molecule is NC(=O)c1cc(N2CCCCC2CCC(=O)O)ccn1. The molecule has 1 atom stereocenters. The highest BCUT2D eigenvalue weighted by Crippen LogP contribution is 2.27. The lowest BCUT2D eigenvalue weighted by molar-refractivity contribution is -0.137. The third-order valence-corrected chi connectivity index (χ3v) is 3.65. The molecular formula is C14H19N3O3. The molecule has 1 fully saturated rings. The number of primary amides is 1. The predicted octanol–water partition coefficient (Wildman–Crippen LogP) is 1.40. The Balaban J connectivity index is 2.16. The van der Waals surface area contributed by atoms with Crippen LogP contribution in [0.3, 0.4) is 0 Å². The number of nitrogens with zero attached hydrogens (tertiary/aromatic N) is 2. The van der Waals surface area contributed by atoms with Gasteiger partial charge in [-0.05, 0) is 37.8 Å². The maximum Gasteiger partial charge on any atom is 0.303 e. The van der Waals surface area contributed by atoms with Gasteiger partial charge in [0.2, 0.25) is 0 Å². The molecule has 1 saturated heterocycles. The van der Waals surface area contributed by atoms with Gasteiger partial charge in [0.05, 0.1) is 0 Å². The van der Waals surface area contributed by atoms with Crippen molar-refractivity contribution in [1.82, 2.24) is 4.98 Å². The highest BCUT2D eigenvalue weighted by atomic mass is 16.4. The van der Waals surface area contributed by atoms with Crippen LogP contribution in [-0.2, 0) is 4.79 Å². The zero-order valence-electron chi connectivity index (χ0n) is 11.3. The van der Waals surface area contributed by atoms with Crippen molar-refractivity contribution < 1.29 is 14.7 Å². The summed E-state index contributed by atoms with van der Waals surface area (Å²) in [6, 6.07) is 3.72. The van der Waals surface area contributed by atoms with E-state index in [4.69, 9.17) is 10.8 Å². The van der Waals surface area contributed by atoms with Gasteiger partial charge in [0, 0.05) is 30.9 Å². The Hall–Kier alpha value is -2.11. The molecule has 1 aromatic rings. The van der Waals surface area contributed by atoms with Gasteiger partial charge in [-0.25, -0.2) is 0 Å². The molecule has 108 valence electrons. The smallest absolute Gasteiger partial charge is 0.303 e. The summed E-state index contributed by atoms with van der Waals surface area (Å²) in [5, 5.41) is 8.83. The Bertz CT molecular complexity index is 504. The van der Waals surface area contributed by atoms with Crippen LogP contribution in [0.4, 0.5) is 5.69 Å². The molecule has 0 saturated carbocycles. The number of carbonyl (C=O) groups is 2. The molecule has 6 nitrogen and oxygen atoms in total. The van der Waals surface area contributed by atoms with Gasteiger partial charge in [0.1, 0.15) is 5.69 Å². The van der Waals surface area contributed by atoms with Crippen molar-refractivity contribution in [2.45, 2.75) is 38.1 Å². The second-order valence-electron chi connectivity index (χ2n) is 5.04. The summed E-state index contributed by atoms with van der Waals surface area (Å²) < 4.78 is 0. The highest BCUT2D eigenvalue weighted by Gasteiger charge is 2.23. The Morgan fingerprint density at radius 1 is 1.45 bits per heavy atom. The molecule has 1 aromatic heterocycles. The van der Waals surface area contributed by atoms with E-state index in [2.05, 4.69) is 9.88 Å². The molecule has 0 aromatic carbocycles. The normalized spacial score (nSPS) is 18.8. The zero-order chi connectivity index (χ0) is 14.5. The first kappa shape index (κ1) is 14.3. The minimum Gasteiger partial charge on any atom is -0.481 e. The molecule has 0 aliphatic carbocycles. The average Bonchev–Trinajstić information content (AvgIpc) is 2.45. The molecule has 1 aliphatic rings. The van der Waals surface area contributed by atoms with Crippen LogP contribution in [0, 0.1) is 0 Å². The van der Waals surface area contributed by atoms with Crippen LogP contribution in [0.25, 0.3) is 0 Å². The first-order valence-electron chi connectivity index (χ1n) is 6.82. The molecule has 1 amide bonds. The summed E-state index contributed by atoms with van der Waals surface area (Å²) in [6.07, 6.45) is 5.49. The lowest BCUT2D eigenvalue weighted by Gasteiger charge is -2.37. The topological polar surface area (TPSA) is 96.5 Å². The molecule has 1 unspecified atom stereocenters. The fourth-order valence-corrected chi connectivity index (χ4v) is 2.66. The van der Waals surface area contributed by atoms with E-state index in [1.165, 1.54) is 0 Å². The van der Waals surface area contributed by atoms with Gasteiger partial charge in [0.25, 0.3) is 5.91 Å². The van der Waals surface area contributed by atoms with Crippen molar-refractivity contribution in [1.29, 1.82) is 0 Å². The number of hydrogen-bond donors (Lipinski definition) is 2. The lowest BCUT2D eigenvalue weighted by atomic mass is 9.97. The quantitative estimate of drug-likeness (QED) is 0.848. The van der Waals surface area contributed by atoms with E-state index in [-0.39, 0.29) is 18.2 Å². The number of pyridine rings is 1. The van der Waals surface area contributed by atoms with Crippen LogP contribution in [0.5, 0.6) is 0 Å². The highest BCUT2D eigenvalue weighted by molar-refractivity contribution is 5.91. The largest absolute Gasteiger partial charge is 0.481 e. The van der Waals surface area contributed by atoms with Crippen molar-refractivity contribution in [2.24, 2.45) is 5.73 Å². The Morgan fingerprint density at radius 3 is 2.95 bits per heavy atom. The Labute approximate surface area is 117 Å². The number of aliphatic carboxylic acids is 1. The summed E-state index contributed by atoms with van der Waals surface area (Å²) in [5.41, 5.74) is 6.38. The third kappa shape index (κ3) is 3.46. The summed E-state index contributed by atoms with van der Waals surface area (Å²) in [7, 11) is 0. The number of nitrogens with two attached hydrogens (primary N) is 1. The van der Waals surface area contributed by atoms with E-state index in [1.54, 1.807) is 12.3 Å². The van der Waals surface area contributed by atoms with E-state index >= 15 is 0 Å². The molecule has 2 heterocycles. The number of anilines is 1. The van der Waals surface area contributed by atoms with Crippen LogP contribution in [0.15, 0.2) is 18.3 Å². The molecule has 1 aliphatic heterocycles. The summed E-state index contributed by atoms with van der Waals surface area (Å²) >= 11 is 0. The molecule has 2 rings (SSSR count). The number of amides is 1. The van der Waals surface area contributed by atoms with Crippen molar-refractivity contribution >= 4 is 17.6 Å². The molecule has 6 heteroatoms. The molecule has 20 heavy (non-hydrogen) atoms. The Kier molecular flexibility index (Phi) is 4.55. The van der Waals surface area contributed by atoms with Crippen LogP contribution >= 0.6 is 0 Å². The number of piperidine rings is 1. The van der Waals surface area contributed by atoms with Crippen molar-refractivity contribution in [3.8, 4) is 0 Å². The molecule has 0 spiro atoms. The maximum atomic E-state index is 11.2. The lowest BCUT2D eigenvalue weighted by Crippen LogP contribution is -2.40. The van der Waals surface area contributed by atoms with Crippen LogP contribution < -0.4 is 10.6 Å². The molecule has 0 radical (unpaired) electrons. The molecule has 0 bridgehead atoms. The van der Waals surface area contributed by atoms with Crippen molar-refractivity contribution in [3.63, 3.8) is 0 Å². The number of aromatic nitrogens is 1. The van der Waals surface area contributed by atoms with Gasteiger partial charge in [-0.15, -0.1) is 0 Å². The number of hydrogen-bond acceptors (Lipinski definition) is 4. The number of carboxylic acid groups (broad SMARTS) is 1. The minimum absolute atomic E-state index is 0.162. The summed E-state index contributed by atoms with van der Waals surface area (Å²) in [4.78, 5) is 28.0. The van der Waals surface area contributed by atoms with E-state index < -0.39 is 11.9 Å². The average molecular weight is 277 g/mol. The van der Waals surface area contributed by atoms with Gasteiger partial charge >= 0.3 is 5.97 Å². The van der Waals surface area contributed by atoms with E-state index in [9.17, 15) is 9.59 Å². The van der Waals surface area contributed by atoms with Gasteiger partial charge in [-0.2, -0.15) is 0 Å². The number of carbonyl (C=O) groups excluding carboxylic acids is 1. The second kappa shape index (κ2) is 6.36. The standard InChI is InChI=1S/C14H19N3O3/c15-14(20)12-9-11(6-7-16-12)17-8-2-1-3-10(17)4-5-13(18)19/h6-7,9-10H,1-5,8H2,(H2,15,20)(H,18,19). The summed E-state index contributed by atoms with van der Waals surface area (Å²) in [6.45, 7) is 0.868. The van der Waals surface area contributed by atoms with Crippen LogP contribution in [0.2, 0.25) is 0 Å². The molecular weight excluding hydrogens is 258 g/mol. The van der Waals surface area contributed by atoms with E-state index in [1.807, 2.05) is 6.07 Å². The molecule has 3 N–H and O–H groups in total. The van der Waals surface area contributed by atoms with Crippen LogP contribution in [-0.4, -0.2) is 34.6 Å². The minimum atomic E-state index is -0.775. The Morgan fingerprint density at radius 2 is 2.25 bits per heavy atom. The predicted molar refractivity (Wildman–Crippen MR) is 74.6 cm³/mol. The second-order valence-corrected chi connectivity index (χ2v) is 5.04. The number of carboxylic acids is 1. The van der Waals surface area contributed by atoms with Crippen molar-refractivity contribution in [2.75, 3.05) is 11.4 Å². The van der Waals surface area contributed by atoms with Gasteiger partial charge in [-0.3, -0.25) is 14.6 Å². The summed E-state index contributed by atoms with van der Waals surface area (Å²) in [5.74, 6) is -1.32. The fourth-order valence-electron chi connectivity index (χ4n) is 2.66. The van der Waals surface area contributed by atoms with Gasteiger partial charge < -0.3 is 15.7 Å². The van der Waals surface area contributed by atoms with Gasteiger partial charge in [-0.1, -0.05) is 0 Å². The number of rotatable bonds is 5. The van der Waals surface area contributed by atoms with Gasteiger partial charge in [0.15, 0.2) is 0 Å². The van der Waals surface area contributed by atoms with E-state index in [0.717, 1.165) is 31.5 Å². The maximum absolute atomic E-state index is 11.2. The monoisotopic (exact) mass is 277 g/mol. The van der Waals surface area contributed by atoms with Crippen molar-refractivity contribution in [3.05, 3.63) is 24.0 Å². The third-order valence-electron chi connectivity index (χ3n) is 3.65. The zero-order valence-corrected chi connectivity index (χ0v) is 11.3.